The van der Waals surface area contributed by atoms with E-state index in [9.17, 15) is 0 Å². The third-order valence-electron chi connectivity index (χ3n) is 3.59. The van der Waals surface area contributed by atoms with E-state index >= 15 is 0 Å². The predicted octanol–water partition coefficient (Wildman–Crippen LogP) is 1.43. The lowest BCUT2D eigenvalue weighted by Crippen LogP contribution is -2.45. The SMILES string of the molecule is CC(NCCCN1CCN(C)CC1)c1cscn1. The van der Waals surface area contributed by atoms with Gasteiger partial charge in [0.1, 0.15) is 0 Å². The van der Waals surface area contributed by atoms with Crippen molar-refractivity contribution in [3.05, 3.63) is 16.6 Å². The monoisotopic (exact) mass is 268 g/mol. The second kappa shape index (κ2) is 7.19. The second-order valence-electron chi connectivity index (χ2n) is 5.09. The number of nitrogens with zero attached hydrogens (tertiary/aromatic N) is 3. The zero-order valence-corrected chi connectivity index (χ0v) is 12.2. The Balaban J connectivity index is 1.56. The molecule has 1 aromatic rings. The normalized spacial score (nSPS) is 20.1. The van der Waals surface area contributed by atoms with E-state index in [1.807, 2.05) is 5.51 Å². The molecule has 0 bridgehead atoms. The molecule has 4 nitrogen and oxygen atoms in total. The van der Waals surface area contributed by atoms with Crippen LogP contribution in [-0.2, 0) is 0 Å². The summed E-state index contributed by atoms with van der Waals surface area (Å²) < 4.78 is 0. The lowest BCUT2D eigenvalue weighted by Gasteiger charge is -2.32. The average Bonchev–Trinajstić information content (AvgIpc) is 2.90. The van der Waals surface area contributed by atoms with E-state index < -0.39 is 0 Å². The van der Waals surface area contributed by atoms with Crippen molar-refractivity contribution in [2.75, 3.05) is 46.3 Å². The van der Waals surface area contributed by atoms with Crippen LogP contribution >= 0.6 is 11.3 Å². The zero-order chi connectivity index (χ0) is 12.8. The molecule has 0 aliphatic carbocycles. The van der Waals surface area contributed by atoms with Crippen molar-refractivity contribution in [2.24, 2.45) is 0 Å². The maximum absolute atomic E-state index is 4.33. The lowest BCUT2D eigenvalue weighted by molar-refractivity contribution is 0.152. The standard InChI is InChI=1S/C13H24N4S/c1-12(13-10-18-11-15-13)14-4-3-5-17-8-6-16(2)7-9-17/h10-12,14H,3-9H2,1-2H3. The Hall–Kier alpha value is -0.490. The van der Waals surface area contributed by atoms with Gasteiger partial charge in [0.15, 0.2) is 0 Å². The van der Waals surface area contributed by atoms with Crippen LogP contribution in [-0.4, -0.2) is 61.1 Å². The fourth-order valence-corrected chi connectivity index (χ4v) is 2.88. The Labute approximate surface area is 114 Å². The molecule has 1 unspecified atom stereocenters. The number of rotatable bonds is 6. The van der Waals surface area contributed by atoms with Gasteiger partial charge in [-0.05, 0) is 33.5 Å². The van der Waals surface area contributed by atoms with Crippen molar-refractivity contribution in [1.29, 1.82) is 0 Å². The van der Waals surface area contributed by atoms with E-state index in [0.29, 0.717) is 6.04 Å². The molecule has 102 valence electrons. The third kappa shape index (κ3) is 4.31. The van der Waals surface area contributed by atoms with E-state index in [-0.39, 0.29) is 0 Å². The highest BCUT2D eigenvalue weighted by molar-refractivity contribution is 7.07. The third-order valence-corrected chi connectivity index (χ3v) is 4.20. The van der Waals surface area contributed by atoms with Crippen molar-refractivity contribution in [2.45, 2.75) is 19.4 Å². The van der Waals surface area contributed by atoms with Gasteiger partial charge in [0.2, 0.25) is 0 Å². The summed E-state index contributed by atoms with van der Waals surface area (Å²) in [5, 5.41) is 5.66. The number of thiazole rings is 1. The summed E-state index contributed by atoms with van der Waals surface area (Å²) in [6.07, 6.45) is 1.22. The van der Waals surface area contributed by atoms with Gasteiger partial charge >= 0.3 is 0 Å². The summed E-state index contributed by atoms with van der Waals surface area (Å²) in [7, 11) is 2.20. The van der Waals surface area contributed by atoms with E-state index in [0.717, 1.165) is 6.54 Å². The first-order chi connectivity index (χ1) is 8.75. The minimum atomic E-state index is 0.378. The molecule has 18 heavy (non-hydrogen) atoms. The van der Waals surface area contributed by atoms with Crippen LogP contribution in [0.25, 0.3) is 0 Å². The summed E-state index contributed by atoms with van der Waals surface area (Å²) in [4.78, 5) is 9.30. The summed E-state index contributed by atoms with van der Waals surface area (Å²) in [5.74, 6) is 0. The maximum Gasteiger partial charge on any atom is 0.0795 e. The highest BCUT2D eigenvalue weighted by Gasteiger charge is 2.13. The second-order valence-corrected chi connectivity index (χ2v) is 5.81. The highest BCUT2D eigenvalue weighted by atomic mass is 32.1. The first kappa shape index (κ1) is 13.9. The molecule has 0 amide bonds. The van der Waals surface area contributed by atoms with Gasteiger partial charge in [-0.25, -0.2) is 4.98 Å². The molecule has 0 spiro atoms. The van der Waals surface area contributed by atoms with Gasteiger partial charge in [-0.1, -0.05) is 0 Å². The van der Waals surface area contributed by atoms with Crippen LogP contribution in [0.5, 0.6) is 0 Å². The molecule has 0 aromatic carbocycles. The van der Waals surface area contributed by atoms with Gasteiger partial charge in [0.05, 0.1) is 11.2 Å². The quantitative estimate of drug-likeness (QED) is 0.791. The molecule has 0 saturated carbocycles. The van der Waals surface area contributed by atoms with Gasteiger partial charge in [0.25, 0.3) is 0 Å². The number of likely N-dealkylation sites (N-methyl/N-ethyl adjacent to an activating group) is 1. The molecule has 1 N–H and O–H groups in total. The molecule has 1 saturated heterocycles. The molecule has 2 rings (SSSR count). The lowest BCUT2D eigenvalue weighted by atomic mass is 10.2. The first-order valence-corrected chi connectivity index (χ1v) is 7.72. The van der Waals surface area contributed by atoms with E-state index in [1.165, 1.54) is 44.8 Å². The fourth-order valence-electron chi connectivity index (χ4n) is 2.23. The molecule has 1 aromatic heterocycles. The Kier molecular flexibility index (Phi) is 5.56. The fraction of sp³-hybridized carbons (Fsp3) is 0.769. The van der Waals surface area contributed by atoms with Crippen molar-refractivity contribution < 1.29 is 0 Å². The first-order valence-electron chi connectivity index (χ1n) is 6.78. The maximum atomic E-state index is 4.33. The van der Waals surface area contributed by atoms with Gasteiger partial charge in [-0.3, -0.25) is 0 Å². The Bertz CT molecular complexity index is 320. The molecular weight excluding hydrogens is 244 g/mol. The minimum absolute atomic E-state index is 0.378. The molecule has 1 aliphatic rings. The molecule has 0 radical (unpaired) electrons. The number of nitrogens with one attached hydrogen (secondary N) is 1. The summed E-state index contributed by atoms with van der Waals surface area (Å²) in [6.45, 7) is 9.34. The van der Waals surface area contributed by atoms with Crippen molar-refractivity contribution in [3.63, 3.8) is 0 Å². The summed E-state index contributed by atoms with van der Waals surface area (Å²) in [6, 6.07) is 0.378. The Morgan fingerprint density at radius 3 is 2.83 bits per heavy atom. The Morgan fingerprint density at radius 1 is 1.39 bits per heavy atom. The van der Waals surface area contributed by atoms with E-state index in [1.54, 1.807) is 11.3 Å². The van der Waals surface area contributed by atoms with Crippen LogP contribution < -0.4 is 5.32 Å². The number of piperazine rings is 1. The molecule has 1 aliphatic heterocycles. The number of aromatic nitrogens is 1. The average molecular weight is 268 g/mol. The predicted molar refractivity (Wildman–Crippen MR) is 77.1 cm³/mol. The smallest absolute Gasteiger partial charge is 0.0795 e. The van der Waals surface area contributed by atoms with Gasteiger partial charge in [-0.15, -0.1) is 11.3 Å². The largest absolute Gasteiger partial charge is 0.309 e. The number of hydrogen-bond acceptors (Lipinski definition) is 5. The van der Waals surface area contributed by atoms with Gasteiger partial charge < -0.3 is 15.1 Å². The molecule has 5 heteroatoms. The highest BCUT2D eigenvalue weighted by Crippen LogP contribution is 2.11. The summed E-state index contributed by atoms with van der Waals surface area (Å²) >= 11 is 1.67. The van der Waals surface area contributed by atoms with Crippen molar-refractivity contribution in [3.8, 4) is 0 Å². The van der Waals surface area contributed by atoms with Crippen LogP contribution in [0.4, 0.5) is 0 Å². The summed E-state index contributed by atoms with van der Waals surface area (Å²) in [5.41, 5.74) is 3.07. The minimum Gasteiger partial charge on any atom is -0.309 e. The van der Waals surface area contributed by atoms with Gasteiger partial charge in [-0.2, -0.15) is 0 Å². The van der Waals surface area contributed by atoms with Crippen LogP contribution in [0, 0.1) is 0 Å². The van der Waals surface area contributed by atoms with Crippen LogP contribution in [0.15, 0.2) is 10.9 Å². The number of hydrogen-bond donors (Lipinski definition) is 1. The topological polar surface area (TPSA) is 31.4 Å². The van der Waals surface area contributed by atoms with Gasteiger partial charge in [0, 0.05) is 37.6 Å². The Morgan fingerprint density at radius 2 is 2.17 bits per heavy atom. The van der Waals surface area contributed by atoms with Crippen LogP contribution in [0.1, 0.15) is 25.1 Å². The van der Waals surface area contributed by atoms with Crippen molar-refractivity contribution in [1.82, 2.24) is 20.1 Å². The zero-order valence-electron chi connectivity index (χ0n) is 11.4. The van der Waals surface area contributed by atoms with E-state index in [4.69, 9.17) is 0 Å². The molecular formula is C13H24N4S. The van der Waals surface area contributed by atoms with Crippen LogP contribution in [0.3, 0.4) is 0 Å². The van der Waals surface area contributed by atoms with Crippen molar-refractivity contribution >= 4 is 11.3 Å². The van der Waals surface area contributed by atoms with Crippen LogP contribution in [0.2, 0.25) is 0 Å². The molecule has 1 fully saturated rings. The molecule has 2 heterocycles. The van der Waals surface area contributed by atoms with E-state index in [2.05, 4.69) is 39.5 Å². The molecule has 1 atom stereocenters.